The summed E-state index contributed by atoms with van der Waals surface area (Å²) >= 11 is 0. The van der Waals surface area contributed by atoms with E-state index in [9.17, 15) is 4.79 Å². The predicted molar refractivity (Wildman–Crippen MR) is 72.0 cm³/mol. The number of rotatable bonds is 2. The minimum atomic E-state index is -0.142. The molecule has 2 aromatic carbocycles. The Balaban J connectivity index is 2.32. The Morgan fingerprint density at radius 1 is 1.28 bits per heavy atom. The lowest BCUT2D eigenvalue weighted by Crippen LogP contribution is -2.00. The van der Waals surface area contributed by atoms with Crippen LogP contribution in [0.3, 0.4) is 0 Å². The van der Waals surface area contributed by atoms with Crippen molar-refractivity contribution in [2.24, 2.45) is 0 Å². The molecule has 0 radical (unpaired) electrons. The van der Waals surface area contributed by atoms with Gasteiger partial charge in [-0.1, -0.05) is 38.1 Å². The SMILES string of the molecule is CCC(C)c1cc2c(c3ccccc13)CC(=O)O2. The molecule has 2 aromatic rings. The molecule has 0 aliphatic carbocycles. The Morgan fingerprint density at radius 3 is 2.72 bits per heavy atom. The van der Waals surface area contributed by atoms with E-state index in [-0.39, 0.29) is 5.97 Å². The van der Waals surface area contributed by atoms with Crippen LogP contribution in [0, 0.1) is 0 Å². The molecule has 0 aromatic heterocycles. The average molecular weight is 240 g/mol. The molecule has 1 heterocycles. The van der Waals surface area contributed by atoms with Crippen LogP contribution in [0.5, 0.6) is 5.75 Å². The van der Waals surface area contributed by atoms with Crippen LogP contribution in [0.15, 0.2) is 30.3 Å². The number of esters is 1. The third-order valence-electron chi connectivity index (χ3n) is 3.84. The molecule has 3 rings (SSSR count). The molecule has 92 valence electrons. The Hall–Kier alpha value is -1.83. The second-order valence-corrected chi connectivity index (χ2v) is 4.95. The van der Waals surface area contributed by atoms with Crippen molar-refractivity contribution >= 4 is 16.7 Å². The number of carbonyl (C=O) groups excluding carboxylic acids is 1. The van der Waals surface area contributed by atoms with E-state index < -0.39 is 0 Å². The van der Waals surface area contributed by atoms with Gasteiger partial charge in [0.25, 0.3) is 0 Å². The van der Waals surface area contributed by atoms with Crippen molar-refractivity contribution in [2.75, 3.05) is 0 Å². The van der Waals surface area contributed by atoms with E-state index in [2.05, 4.69) is 38.1 Å². The monoisotopic (exact) mass is 240 g/mol. The fourth-order valence-electron chi connectivity index (χ4n) is 2.64. The van der Waals surface area contributed by atoms with Crippen LogP contribution in [0.1, 0.15) is 37.3 Å². The van der Waals surface area contributed by atoms with Gasteiger partial charge in [-0.05, 0) is 34.7 Å². The van der Waals surface area contributed by atoms with Gasteiger partial charge in [-0.25, -0.2) is 0 Å². The summed E-state index contributed by atoms with van der Waals surface area (Å²) in [4.78, 5) is 11.5. The second kappa shape index (κ2) is 4.13. The van der Waals surface area contributed by atoms with Gasteiger partial charge in [0, 0.05) is 5.56 Å². The van der Waals surface area contributed by atoms with E-state index in [0.29, 0.717) is 12.3 Å². The summed E-state index contributed by atoms with van der Waals surface area (Å²) in [7, 11) is 0. The highest BCUT2D eigenvalue weighted by atomic mass is 16.5. The molecular weight excluding hydrogens is 224 g/mol. The predicted octanol–water partition coefficient (Wildman–Crippen LogP) is 3.81. The van der Waals surface area contributed by atoms with Crippen molar-refractivity contribution in [3.8, 4) is 5.75 Å². The van der Waals surface area contributed by atoms with E-state index >= 15 is 0 Å². The molecule has 0 N–H and O–H groups in total. The number of hydrogen-bond acceptors (Lipinski definition) is 2. The zero-order valence-corrected chi connectivity index (χ0v) is 10.7. The van der Waals surface area contributed by atoms with Gasteiger partial charge in [0.1, 0.15) is 5.75 Å². The van der Waals surface area contributed by atoms with Gasteiger partial charge in [0.15, 0.2) is 0 Å². The van der Waals surface area contributed by atoms with Crippen LogP contribution in [-0.2, 0) is 11.2 Å². The molecule has 1 aliphatic heterocycles. The Labute approximate surface area is 107 Å². The van der Waals surface area contributed by atoms with E-state index in [1.807, 2.05) is 6.07 Å². The lowest BCUT2D eigenvalue weighted by Gasteiger charge is -2.15. The Morgan fingerprint density at radius 2 is 2.00 bits per heavy atom. The molecule has 0 saturated heterocycles. The fraction of sp³-hybridized carbons (Fsp3) is 0.312. The van der Waals surface area contributed by atoms with Crippen LogP contribution in [0.25, 0.3) is 10.8 Å². The lowest BCUT2D eigenvalue weighted by atomic mass is 9.90. The maximum Gasteiger partial charge on any atom is 0.315 e. The summed E-state index contributed by atoms with van der Waals surface area (Å²) < 4.78 is 5.31. The largest absolute Gasteiger partial charge is 0.426 e. The first-order chi connectivity index (χ1) is 8.70. The number of ether oxygens (including phenoxy) is 1. The first kappa shape index (κ1) is 11.3. The number of carbonyl (C=O) groups is 1. The number of hydrogen-bond donors (Lipinski definition) is 0. The summed E-state index contributed by atoms with van der Waals surface area (Å²) in [5.41, 5.74) is 2.32. The van der Waals surface area contributed by atoms with E-state index in [1.165, 1.54) is 10.9 Å². The minimum absolute atomic E-state index is 0.142. The molecule has 1 unspecified atom stereocenters. The van der Waals surface area contributed by atoms with Gasteiger partial charge in [-0.3, -0.25) is 4.79 Å². The van der Waals surface area contributed by atoms with Crippen molar-refractivity contribution in [1.29, 1.82) is 0 Å². The molecule has 1 atom stereocenters. The molecule has 0 bridgehead atoms. The van der Waals surface area contributed by atoms with Gasteiger partial charge in [-0.2, -0.15) is 0 Å². The van der Waals surface area contributed by atoms with E-state index in [1.54, 1.807) is 0 Å². The number of fused-ring (bicyclic) bond motifs is 3. The summed E-state index contributed by atoms with van der Waals surface area (Å²) in [5, 5.41) is 2.42. The van der Waals surface area contributed by atoms with E-state index in [4.69, 9.17) is 4.74 Å². The van der Waals surface area contributed by atoms with Crippen molar-refractivity contribution in [3.63, 3.8) is 0 Å². The normalized spacial score (nSPS) is 15.6. The van der Waals surface area contributed by atoms with Gasteiger partial charge in [-0.15, -0.1) is 0 Å². The topological polar surface area (TPSA) is 26.3 Å². The molecule has 0 saturated carbocycles. The standard InChI is InChI=1S/C16H16O2/c1-3-10(2)13-8-15-14(9-16(17)18-15)12-7-5-4-6-11(12)13/h4-8,10H,3,9H2,1-2H3. The highest BCUT2D eigenvalue weighted by molar-refractivity contribution is 5.97. The fourth-order valence-corrected chi connectivity index (χ4v) is 2.64. The lowest BCUT2D eigenvalue weighted by molar-refractivity contribution is -0.131. The molecule has 18 heavy (non-hydrogen) atoms. The van der Waals surface area contributed by atoms with Gasteiger partial charge in [0.2, 0.25) is 0 Å². The second-order valence-electron chi connectivity index (χ2n) is 4.95. The maximum atomic E-state index is 11.5. The van der Waals surface area contributed by atoms with E-state index in [0.717, 1.165) is 23.1 Å². The van der Waals surface area contributed by atoms with Crippen LogP contribution in [0.4, 0.5) is 0 Å². The van der Waals surface area contributed by atoms with Gasteiger partial charge in [0.05, 0.1) is 6.42 Å². The smallest absolute Gasteiger partial charge is 0.315 e. The first-order valence-electron chi connectivity index (χ1n) is 6.46. The van der Waals surface area contributed by atoms with Gasteiger partial charge >= 0.3 is 5.97 Å². The maximum absolute atomic E-state index is 11.5. The average Bonchev–Trinajstić information content (AvgIpc) is 2.77. The molecule has 1 aliphatic rings. The summed E-state index contributed by atoms with van der Waals surface area (Å²) in [6.45, 7) is 4.39. The molecule has 0 amide bonds. The van der Waals surface area contributed by atoms with Crippen molar-refractivity contribution in [1.82, 2.24) is 0 Å². The van der Waals surface area contributed by atoms with Crippen LogP contribution in [-0.4, -0.2) is 5.97 Å². The summed E-state index contributed by atoms with van der Waals surface area (Å²) in [6.07, 6.45) is 1.48. The number of benzene rings is 2. The van der Waals surface area contributed by atoms with Crippen molar-refractivity contribution < 1.29 is 9.53 Å². The third kappa shape index (κ3) is 1.60. The van der Waals surface area contributed by atoms with Crippen LogP contribution >= 0.6 is 0 Å². The molecular formula is C16H16O2. The zero-order chi connectivity index (χ0) is 12.7. The van der Waals surface area contributed by atoms with Crippen LogP contribution < -0.4 is 4.74 Å². The Bertz CT molecular complexity index is 628. The first-order valence-corrected chi connectivity index (χ1v) is 6.46. The molecule has 0 fully saturated rings. The Kier molecular flexibility index (Phi) is 2.58. The highest BCUT2D eigenvalue weighted by Gasteiger charge is 2.24. The highest BCUT2D eigenvalue weighted by Crippen LogP contribution is 2.38. The quantitative estimate of drug-likeness (QED) is 0.589. The third-order valence-corrected chi connectivity index (χ3v) is 3.84. The molecule has 0 spiro atoms. The molecule has 2 nitrogen and oxygen atoms in total. The van der Waals surface area contributed by atoms with Gasteiger partial charge < -0.3 is 4.74 Å². The van der Waals surface area contributed by atoms with Crippen LogP contribution in [0.2, 0.25) is 0 Å². The summed E-state index contributed by atoms with van der Waals surface area (Å²) in [5.74, 6) is 1.09. The summed E-state index contributed by atoms with van der Waals surface area (Å²) in [6, 6.07) is 10.3. The van der Waals surface area contributed by atoms with Crippen molar-refractivity contribution in [3.05, 3.63) is 41.5 Å². The zero-order valence-electron chi connectivity index (χ0n) is 10.7. The van der Waals surface area contributed by atoms with Crippen molar-refractivity contribution in [2.45, 2.75) is 32.6 Å². The minimum Gasteiger partial charge on any atom is -0.426 e. The molecule has 2 heteroatoms.